The number of aromatic nitrogens is 1. The molecule has 0 aliphatic rings. The lowest BCUT2D eigenvalue weighted by Gasteiger charge is -2.06. The van der Waals surface area contributed by atoms with E-state index in [-0.39, 0.29) is 5.69 Å². The van der Waals surface area contributed by atoms with Crippen LogP contribution in [-0.4, -0.2) is 29.0 Å². The molecule has 0 spiro atoms. The fourth-order valence-corrected chi connectivity index (χ4v) is 1.70. The molecule has 0 unspecified atom stereocenters. The number of non-ortho nitro benzene ring substituents is 1. The number of amides is 2. The van der Waals surface area contributed by atoms with Gasteiger partial charge >= 0.3 is 6.03 Å². The fourth-order valence-electron chi connectivity index (χ4n) is 1.70. The lowest BCUT2D eigenvalue weighted by Crippen LogP contribution is -2.33. The standard InChI is InChI=1S/C12H13N5O3/c13-12(18)15-6-5-14-11-4-1-8-7-9(17(19)20)2-3-10(8)16-11/h1-4,7H,5-6H2,(H,14,16)(H3,13,15,18). The van der Waals surface area contributed by atoms with Crippen LogP contribution < -0.4 is 16.4 Å². The molecule has 1 heterocycles. The van der Waals surface area contributed by atoms with E-state index in [0.717, 1.165) is 0 Å². The van der Waals surface area contributed by atoms with Crippen LogP contribution in [0.4, 0.5) is 16.3 Å². The summed E-state index contributed by atoms with van der Waals surface area (Å²) in [5, 5.41) is 16.8. The first-order valence-corrected chi connectivity index (χ1v) is 5.88. The van der Waals surface area contributed by atoms with Crippen molar-refractivity contribution in [2.45, 2.75) is 0 Å². The molecule has 2 amide bonds. The van der Waals surface area contributed by atoms with Gasteiger partial charge in [0.1, 0.15) is 5.82 Å². The Morgan fingerprint density at radius 1 is 1.30 bits per heavy atom. The molecule has 2 aromatic rings. The molecule has 8 heteroatoms. The van der Waals surface area contributed by atoms with Crippen molar-refractivity contribution >= 4 is 28.4 Å². The molecule has 0 bridgehead atoms. The quantitative estimate of drug-likeness (QED) is 0.430. The molecule has 0 saturated heterocycles. The third kappa shape index (κ3) is 3.31. The number of carbonyl (C=O) groups excluding carboxylic acids is 1. The minimum absolute atomic E-state index is 0.0330. The molecular weight excluding hydrogens is 262 g/mol. The van der Waals surface area contributed by atoms with Gasteiger partial charge in [0.2, 0.25) is 0 Å². The Bertz CT molecular complexity index is 659. The van der Waals surface area contributed by atoms with E-state index in [2.05, 4.69) is 15.6 Å². The molecule has 0 aliphatic heterocycles. The van der Waals surface area contributed by atoms with Gasteiger partial charge in [-0.15, -0.1) is 0 Å². The summed E-state index contributed by atoms with van der Waals surface area (Å²) in [5.74, 6) is 0.623. The van der Waals surface area contributed by atoms with E-state index in [1.165, 1.54) is 12.1 Å². The highest BCUT2D eigenvalue weighted by molar-refractivity contribution is 5.82. The van der Waals surface area contributed by atoms with E-state index >= 15 is 0 Å². The summed E-state index contributed by atoms with van der Waals surface area (Å²) >= 11 is 0. The van der Waals surface area contributed by atoms with Crippen LogP contribution in [0.15, 0.2) is 30.3 Å². The maximum absolute atomic E-state index is 10.7. The fraction of sp³-hybridized carbons (Fsp3) is 0.167. The maximum atomic E-state index is 10.7. The van der Waals surface area contributed by atoms with E-state index in [1.807, 2.05) is 0 Å². The Balaban J connectivity index is 2.08. The highest BCUT2D eigenvalue weighted by Gasteiger charge is 2.06. The van der Waals surface area contributed by atoms with Crippen LogP contribution in [0.2, 0.25) is 0 Å². The number of hydrogen-bond donors (Lipinski definition) is 3. The van der Waals surface area contributed by atoms with Gasteiger partial charge in [0.05, 0.1) is 10.4 Å². The molecule has 0 radical (unpaired) electrons. The lowest BCUT2D eigenvalue weighted by molar-refractivity contribution is -0.384. The van der Waals surface area contributed by atoms with Gasteiger partial charge in [-0.2, -0.15) is 0 Å². The molecule has 104 valence electrons. The summed E-state index contributed by atoms with van der Waals surface area (Å²) in [6, 6.07) is 7.37. The summed E-state index contributed by atoms with van der Waals surface area (Å²) in [4.78, 5) is 25.0. The van der Waals surface area contributed by atoms with Crippen molar-refractivity contribution in [2.24, 2.45) is 5.73 Å². The van der Waals surface area contributed by atoms with Gasteiger partial charge in [-0.3, -0.25) is 10.1 Å². The zero-order valence-corrected chi connectivity index (χ0v) is 10.5. The number of nitro groups is 1. The van der Waals surface area contributed by atoms with Crippen molar-refractivity contribution in [2.75, 3.05) is 18.4 Å². The van der Waals surface area contributed by atoms with Crippen molar-refractivity contribution < 1.29 is 9.72 Å². The predicted octanol–water partition coefficient (Wildman–Crippen LogP) is 1.22. The third-order valence-corrected chi connectivity index (χ3v) is 2.61. The van der Waals surface area contributed by atoms with Crippen LogP contribution in [-0.2, 0) is 0 Å². The first-order valence-electron chi connectivity index (χ1n) is 5.88. The van der Waals surface area contributed by atoms with Crippen LogP contribution in [0.5, 0.6) is 0 Å². The van der Waals surface area contributed by atoms with E-state index in [1.54, 1.807) is 18.2 Å². The second-order valence-corrected chi connectivity index (χ2v) is 4.05. The lowest BCUT2D eigenvalue weighted by atomic mass is 10.2. The van der Waals surface area contributed by atoms with Gasteiger partial charge in [-0.1, -0.05) is 0 Å². The number of rotatable bonds is 5. The second kappa shape index (κ2) is 5.83. The first kappa shape index (κ1) is 13.5. The van der Waals surface area contributed by atoms with Gasteiger partial charge in [0.25, 0.3) is 5.69 Å². The SMILES string of the molecule is NC(=O)NCCNc1ccc2cc([N+](=O)[O-])ccc2n1. The largest absolute Gasteiger partial charge is 0.368 e. The summed E-state index contributed by atoms with van der Waals surface area (Å²) < 4.78 is 0. The molecule has 8 nitrogen and oxygen atoms in total. The second-order valence-electron chi connectivity index (χ2n) is 4.05. The van der Waals surface area contributed by atoms with Gasteiger partial charge in [0, 0.05) is 30.6 Å². The van der Waals surface area contributed by atoms with Gasteiger partial charge in [0.15, 0.2) is 0 Å². The molecular formula is C12H13N5O3. The Morgan fingerprint density at radius 2 is 2.10 bits per heavy atom. The number of fused-ring (bicyclic) bond motifs is 1. The Hall–Kier alpha value is -2.90. The van der Waals surface area contributed by atoms with Crippen LogP contribution in [0.3, 0.4) is 0 Å². The van der Waals surface area contributed by atoms with Crippen LogP contribution in [0.25, 0.3) is 10.9 Å². The average molecular weight is 275 g/mol. The predicted molar refractivity (Wildman–Crippen MR) is 74.5 cm³/mol. The highest BCUT2D eigenvalue weighted by atomic mass is 16.6. The molecule has 1 aromatic carbocycles. The number of nitrogens with two attached hydrogens (primary N) is 1. The van der Waals surface area contributed by atoms with Gasteiger partial charge in [-0.25, -0.2) is 9.78 Å². The van der Waals surface area contributed by atoms with Crippen molar-refractivity contribution in [1.82, 2.24) is 10.3 Å². The molecule has 0 atom stereocenters. The van der Waals surface area contributed by atoms with Crippen LogP contribution in [0, 0.1) is 10.1 Å². The number of anilines is 1. The summed E-state index contributed by atoms with van der Waals surface area (Å²) in [6.07, 6.45) is 0. The first-order chi connectivity index (χ1) is 9.56. The zero-order chi connectivity index (χ0) is 14.5. The van der Waals surface area contributed by atoms with E-state index in [4.69, 9.17) is 5.73 Å². The molecule has 0 aliphatic carbocycles. The number of urea groups is 1. The Labute approximate surface area is 114 Å². The third-order valence-electron chi connectivity index (χ3n) is 2.61. The molecule has 1 aromatic heterocycles. The molecule has 0 fully saturated rings. The number of hydrogen-bond acceptors (Lipinski definition) is 5. The summed E-state index contributed by atoms with van der Waals surface area (Å²) in [5.41, 5.74) is 5.63. The number of carbonyl (C=O) groups is 1. The van der Waals surface area contributed by atoms with E-state index in [9.17, 15) is 14.9 Å². The Kier molecular flexibility index (Phi) is 3.94. The monoisotopic (exact) mass is 275 g/mol. The number of nitrogens with one attached hydrogen (secondary N) is 2. The number of benzene rings is 1. The van der Waals surface area contributed by atoms with Gasteiger partial charge in [-0.05, 0) is 18.2 Å². The highest BCUT2D eigenvalue weighted by Crippen LogP contribution is 2.20. The molecule has 2 rings (SSSR count). The molecule has 0 saturated carbocycles. The number of nitrogens with zero attached hydrogens (tertiary/aromatic N) is 2. The van der Waals surface area contributed by atoms with Crippen molar-refractivity contribution in [1.29, 1.82) is 0 Å². The minimum atomic E-state index is -0.578. The average Bonchev–Trinajstić information content (AvgIpc) is 2.42. The number of primary amides is 1. The van der Waals surface area contributed by atoms with Crippen LogP contribution in [0.1, 0.15) is 0 Å². The molecule has 4 N–H and O–H groups in total. The van der Waals surface area contributed by atoms with Crippen LogP contribution >= 0.6 is 0 Å². The topological polar surface area (TPSA) is 123 Å². The minimum Gasteiger partial charge on any atom is -0.368 e. The van der Waals surface area contributed by atoms with E-state index in [0.29, 0.717) is 29.8 Å². The number of nitro benzene ring substituents is 1. The van der Waals surface area contributed by atoms with Gasteiger partial charge < -0.3 is 16.4 Å². The number of pyridine rings is 1. The molecule has 20 heavy (non-hydrogen) atoms. The van der Waals surface area contributed by atoms with E-state index < -0.39 is 11.0 Å². The smallest absolute Gasteiger partial charge is 0.312 e. The van der Waals surface area contributed by atoms with Crippen molar-refractivity contribution in [3.05, 3.63) is 40.4 Å². The Morgan fingerprint density at radius 3 is 2.80 bits per heavy atom. The zero-order valence-electron chi connectivity index (χ0n) is 10.5. The van der Waals surface area contributed by atoms with Crippen molar-refractivity contribution in [3.63, 3.8) is 0 Å². The van der Waals surface area contributed by atoms with Crippen molar-refractivity contribution in [3.8, 4) is 0 Å². The normalized spacial score (nSPS) is 10.2. The summed E-state index contributed by atoms with van der Waals surface area (Å²) in [6.45, 7) is 0.865. The summed E-state index contributed by atoms with van der Waals surface area (Å²) in [7, 11) is 0. The maximum Gasteiger partial charge on any atom is 0.312 e.